The van der Waals surface area contributed by atoms with Crippen molar-refractivity contribution in [2.24, 2.45) is 17.6 Å². The van der Waals surface area contributed by atoms with Crippen molar-refractivity contribution in [2.45, 2.75) is 25.3 Å². The molecule has 98 valence electrons. The van der Waals surface area contributed by atoms with Crippen LogP contribution in [0.25, 0.3) is 0 Å². The number of halogens is 1. The molecule has 1 saturated carbocycles. The van der Waals surface area contributed by atoms with Crippen LogP contribution in [0.15, 0.2) is 21.4 Å². The van der Waals surface area contributed by atoms with Gasteiger partial charge in [-0.25, -0.2) is 0 Å². The Morgan fingerprint density at radius 1 is 1.44 bits per heavy atom. The molecule has 3 unspecified atom stereocenters. The molecule has 1 aliphatic carbocycles. The number of carbonyl (C=O) groups is 1. The van der Waals surface area contributed by atoms with Crippen molar-refractivity contribution < 1.29 is 9.21 Å². The molecule has 2 aliphatic rings. The molecule has 18 heavy (non-hydrogen) atoms. The van der Waals surface area contributed by atoms with Crippen LogP contribution in [-0.2, 0) is 0 Å². The molecule has 0 spiro atoms. The Labute approximate surface area is 115 Å². The van der Waals surface area contributed by atoms with E-state index in [4.69, 9.17) is 10.2 Å². The van der Waals surface area contributed by atoms with Gasteiger partial charge < -0.3 is 15.1 Å². The maximum Gasteiger partial charge on any atom is 0.258 e. The second-order valence-corrected chi connectivity index (χ2v) is 6.06. The third-order valence-electron chi connectivity index (χ3n) is 4.29. The van der Waals surface area contributed by atoms with Gasteiger partial charge >= 0.3 is 0 Å². The molecular weight excluding hydrogens is 296 g/mol. The second-order valence-electron chi connectivity index (χ2n) is 5.34. The lowest BCUT2D eigenvalue weighted by atomic mass is 9.78. The van der Waals surface area contributed by atoms with Gasteiger partial charge in [-0.05, 0) is 46.7 Å². The molecule has 3 atom stereocenters. The molecule has 2 N–H and O–H groups in total. The van der Waals surface area contributed by atoms with Crippen molar-refractivity contribution in [1.82, 2.24) is 4.90 Å². The smallest absolute Gasteiger partial charge is 0.258 e. The first kappa shape index (κ1) is 12.2. The number of nitrogens with zero attached hydrogens (tertiary/aromatic N) is 1. The molecule has 5 heteroatoms. The van der Waals surface area contributed by atoms with Crippen molar-refractivity contribution in [3.63, 3.8) is 0 Å². The van der Waals surface area contributed by atoms with Gasteiger partial charge in [-0.15, -0.1) is 0 Å². The van der Waals surface area contributed by atoms with Crippen molar-refractivity contribution in [3.8, 4) is 0 Å². The molecule has 1 amide bonds. The number of carbonyl (C=O) groups excluding carboxylic acids is 1. The van der Waals surface area contributed by atoms with E-state index in [0.29, 0.717) is 22.1 Å². The summed E-state index contributed by atoms with van der Waals surface area (Å²) in [4.78, 5) is 14.3. The van der Waals surface area contributed by atoms with Crippen LogP contribution in [-0.4, -0.2) is 29.9 Å². The first-order valence-electron chi connectivity index (χ1n) is 6.44. The van der Waals surface area contributed by atoms with E-state index in [2.05, 4.69) is 15.9 Å². The van der Waals surface area contributed by atoms with Crippen LogP contribution in [0.5, 0.6) is 0 Å². The average Bonchev–Trinajstić information content (AvgIpc) is 2.95. The minimum atomic E-state index is 0.0530. The number of likely N-dealkylation sites (tertiary alicyclic amines) is 1. The van der Waals surface area contributed by atoms with Crippen LogP contribution < -0.4 is 5.73 Å². The number of fused-ring (bicyclic) bond motifs is 1. The maximum absolute atomic E-state index is 12.4. The predicted octanol–water partition coefficient (Wildman–Crippen LogP) is 2.24. The van der Waals surface area contributed by atoms with Gasteiger partial charge in [0.15, 0.2) is 4.67 Å². The highest BCUT2D eigenvalue weighted by Crippen LogP contribution is 2.36. The summed E-state index contributed by atoms with van der Waals surface area (Å²) >= 11 is 3.26. The fourth-order valence-corrected chi connectivity index (χ4v) is 3.71. The third kappa shape index (κ3) is 1.99. The number of rotatable bonds is 1. The monoisotopic (exact) mass is 312 g/mol. The average molecular weight is 313 g/mol. The molecule has 2 heterocycles. The first-order chi connectivity index (χ1) is 8.66. The molecular formula is C13H17BrN2O2. The molecule has 3 rings (SSSR count). The summed E-state index contributed by atoms with van der Waals surface area (Å²) in [7, 11) is 0. The standard InChI is InChI=1S/C13H17BrN2O2/c14-12-9(4-5-18-12)13(17)16-6-8-2-1-3-11(15)10(8)7-16/h4-5,8,10-11H,1-3,6-7,15H2. The van der Waals surface area contributed by atoms with Crippen LogP contribution in [0.1, 0.15) is 29.6 Å². The molecule has 0 bridgehead atoms. The summed E-state index contributed by atoms with van der Waals surface area (Å²) in [6.07, 6.45) is 5.03. The quantitative estimate of drug-likeness (QED) is 0.865. The number of nitrogens with two attached hydrogens (primary N) is 1. The van der Waals surface area contributed by atoms with E-state index in [1.807, 2.05) is 4.90 Å². The fraction of sp³-hybridized carbons (Fsp3) is 0.615. The van der Waals surface area contributed by atoms with Crippen molar-refractivity contribution in [3.05, 3.63) is 22.6 Å². The fourth-order valence-electron chi connectivity index (χ4n) is 3.30. The van der Waals surface area contributed by atoms with E-state index >= 15 is 0 Å². The van der Waals surface area contributed by atoms with Crippen LogP contribution in [0.2, 0.25) is 0 Å². The predicted molar refractivity (Wildman–Crippen MR) is 71.1 cm³/mol. The van der Waals surface area contributed by atoms with Crippen LogP contribution >= 0.6 is 15.9 Å². The lowest BCUT2D eigenvalue weighted by Gasteiger charge is -2.29. The summed E-state index contributed by atoms with van der Waals surface area (Å²) in [6.45, 7) is 1.64. The molecule has 1 saturated heterocycles. The van der Waals surface area contributed by atoms with E-state index in [1.54, 1.807) is 6.07 Å². The van der Waals surface area contributed by atoms with E-state index in [1.165, 1.54) is 19.1 Å². The highest BCUT2D eigenvalue weighted by Gasteiger charge is 2.40. The Kier molecular flexibility index (Phi) is 3.20. The Morgan fingerprint density at radius 2 is 2.28 bits per heavy atom. The van der Waals surface area contributed by atoms with Gasteiger partial charge in [-0.2, -0.15) is 0 Å². The zero-order chi connectivity index (χ0) is 12.7. The number of amides is 1. The maximum atomic E-state index is 12.4. The molecule has 2 fully saturated rings. The minimum absolute atomic E-state index is 0.0530. The van der Waals surface area contributed by atoms with E-state index in [0.717, 1.165) is 19.5 Å². The molecule has 1 aromatic rings. The zero-order valence-electron chi connectivity index (χ0n) is 10.1. The van der Waals surface area contributed by atoms with Crippen LogP contribution in [0.4, 0.5) is 0 Å². The lowest BCUT2D eigenvalue weighted by molar-refractivity contribution is 0.0781. The topological polar surface area (TPSA) is 59.5 Å². The van der Waals surface area contributed by atoms with E-state index in [-0.39, 0.29) is 11.9 Å². The second kappa shape index (κ2) is 4.70. The SMILES string of the molecule is NC1CCCC2CN(C(=O)c3ccoc3Br)CC12. The van der Waals surface area contributed by atoms with Crippen LogP contribution in [0, 0.1) is 11.8 Å². The third-order valence-corrected chi connectivity index (χ3v) is 4.90. The Morgan fingerprint density at radius 3 is 2.94 bits per heavy atom. The summed E-state index contributed by atoms with van der Waals surface area (Å²) in [6, 6.07) is 1.98. The molecule has 4 nitrogen and oxygen atoms in total. The summed E-state index contributed by atoms with van der Waals surface area (Å²) in [5.74, 6) is 1.12. The molecule has 1 aromatic heterocycles. The minimum Gasteiger partial charge on any atom is -0.457 e. The lowest BCUT2D eigenvalue weighted by Crippen LogP contribution is -2.38. The number of hydrogen-bond donors (Lipinski definition) is 1. The largest absolute Gasteiger partial charge is 0.457 e. The molecule has 0 radical (unpaired) electrons. The zero-order valence-corrected chi connectivity index (χ0v) is 11.7. The highest BCUT2D eigenvalue weighted by molar-refractivity contribution is 9.10. The first-order valence-corrected chi connectivity index (χ1v) is 7.24. The van der Waals surface area contributed by atoms with E-state index in [9.17, 15) is 4.79 Å². The van der Waals surface area contributed by atoms with Gasteiger partial charge in [0.2, 0.25) is 0 Å². The van der Waals surface area contributed by atoms with Gasteiger partial charge in [-0.3, -0.25) is 4.79 Å². The van der Waals surface area contributed by atoms with Crippen LogP contribution in [0.3, 0.4) is 0 Å². The van der Waals surface area contributed by atoms with Gasteiger partial charge in [0.05, 0.1) is 11.8 Å². The highest BCUT2D eigenvalue weighted by atomic mass is 79.9. The van der Waals surface area contributed by atoms with Gasteiger partial charge in [-0.1, -0.05) is 6.42 Å². The molecule has 0 aromatic carbocycles. The molecule has 1 aliphatic heterocycles. The normalized spacial score (nSPS) is 31.4. The Hall–Kier alpha value is -0.810. The van der Waals surface area contributed by atoms with Crippen molar-refractivity contribution >= 4 is 21.8 Å². The summed E-state index contributed by atoms with van der Waals surface area (Å²) < 4.78 is 5.65. The summed E-state index contributed by atoms with van der Waals surface area (Å²) in [5.41, 5.74) is 6.78. The number of hydrogen-bond acceptors (Lipinski definition) is 3. The Balaban J connectivity index is 1.75. The van der Waals surface area contributed by atoms with Gasteiger partial charge in [0.25, 0.3) is 5.91 Å². The number of furan rings is 1. The van der Waals surface area contributed by atoms with Gasteiger partial charge in [0, 0.05) is 19.1 Å². The summed E-state index contributed by atoms with van der Waals surface area (Å²) in [5, 5.41) is 0. The Bertz CT molecular complexity index is 460. The van der Waals surface area contributed by atoms with E-state index < -0.39 is 0 Å². The van der Waals surface area contributed by atoms with Gasteiger partial charge in [0.1, 0.15) is 0 Å². The van der Waals surface area contributed by atoms with Crippen molar-refractivity contribution in [2.75, 3.05) is 13.1 Å². The van der Waals surface area contributed by atoms with Crippen molar-refractivity contribution in [1.29, 1.82) is 0 Å².